The Kier molecular flexibility index (Phi) is 16.8. The molecule has 0 aromatic carbocycles. The first-order chi connectivity index (χ1) is 6.22. The zero-order valence-electron chi connectivity index (χ0n) is 8.27. The number of hydrogen-bond donors (Lipinski definition) is 3. The van der Waals surface area contributed by atoms with Crippen LogP contribution in [0.4, 0.5) is 0 Å². The first-order valence-electron chi connectivity index (χ1n) is 4.16. The van der Waals surface area contributed by atoms with Gasteiger partial charge in [0.1, 0.15) is 0 Å². The molecule has 0 aromatic rings. The van der Waals surface area contributed by atoms with Gasteiger partial charge in [-0.05, 0) is 6.92 Å². The van der Waals surface area contributed by atoms with Gasteiger partial charge in [-0.1, -0.05) is 0 Å². The molecule has 0 aliphatic heterocycles. The minimum atomic E-state index is -0.00926. The van der Waals surface area contributed by atoms with Gasteiger partial charge in [-0.3, -0.25) is 0 Å². The van der Waals surface area contributed by atoms with E-state index in [-0.39, 0.29) is 25.9 Å². The lowest BCUT2D eigenvalue weighted by molar-refractivity contribution is 0.0623. The normalized spacial score (nSPS) is 11.8. The van der Waals surface area contributed by atoms with Gasteiger partial charge < -0.3 is 24.8 Å². The predicted molar refractivity (Wildman–Crippen MR) is 48.5 cm³/mol. The van der Waals surface area contributed by atoms with Gasteiger partial charge in [0.05, 0.1) is 39.1 Å². The van der Waals surface area contributed by atoms with Crippen LogP contribution < -0.4 is 0 Å². The third-order valence-electron chi connectivity index (χ3n) is 1.13. The standard InChI is InChI=1S/C4H10O3.C4H10O2/c5-1-3-7-4-2-6;1-4(3-5)6-2/h5-6H,1-4H2;4-5H,3H2,1-2H3. The van der Waals surface area contributed by atoms with E-state index < -0.39 is 0 Å². The fourth-order valence-electron chi connectivity index (χ4n) is 0.306. The fraction of sp³-hybridized carbons (Fsp3) is 1.00. The molecule has 0 aliphatic carbocycles. The van der Waals surface area contributed by atoms with Crippen LogP contribution >= 0.6 is 0 Å². The maximum Gasteiger partial charge on any atom is 0.0773 e. The first kappa shape index (κ1) is 15.3. The third kappa shape index (κ3) is 18.6. The molecule has 82 valence electrons. The molecule has 0 heterocycles. The van der Waals surface area contributed by atoms with Crippen molar-refractivity contribution in [1.82, 2.24) is 0 Å². The van der Waals surface area contributed by atoms with Crippen molar-refractivity contribution in [2.75, 3.05) is 40.1 Å². The Labute approximate surface area is 78.9 Å². The van der Waals surface area contributed by atoms with E-state index in [0.29, 0.717) is 13.2 Å². The lowest BCUT2D eigenvalue weighted by Crippen LogP contribution is -2.08. The highest BCUT2D eigenvalue weighted by molar-refractivity contribution is 4.38. The van der Waals surface area contributed by atoms with Crippen molar-refractivity contribution >= 4 is 0 Å². The summed E-state index contributed by atoms with van der Waals surface area (Å²) in [5.74, 6) is 0. The van der Waals surface area contributed by atoms with Crippen LogP contribution in [0.2, 0.25) is 0 Å². The van der Waals surface area contributed by atoms with Crippen LogP contribution in [0, 0.1) is 0 Å². The van der Waals surface area contributed by atoms with Gasteiger partial charge in [-0.15, -0.1) is 0 Å². The highest BCUT2D eigenvalue weighted by atomic mass is 16.5. The monoisotopic (exact) mass is 196 g/mol. The Morgan fingerprint density at radius 3 is 1.69 bits per heavy atom. The molecule has 0 fully saturated rings. The van der Waals surface area contributed by atoms with E-state index in [1.807, 2.05) is 0 Å². The van der Waals surface area contributed by atoms with Crippen molar-refractivity contribution in [3.63, 3.8) is 0 Å². The summed E-state index contributed by atoms with van der Waals surface area (Å²) in [6.07, 6.45) is -0.00926. The molecule has 0 aromatic heterocycles. The molecule has 0 aliphatic rings. The highest BCUT2D eigenvalue weighted by Gasteiger charge is 1.90. The summed E-state index contributed by atoms with van der Waals surface area (Å²) < 4.78 is 9.28. The Balaban J connectivity index is 0. The maximum atomic E-state index is 8.21. The van der Waals surface area contributed by atoms with E-state index in [9.17, 15) is 0 Å². The van der Waals surface area contributed by atoms with Crippen LogP contribution in [-0.2, 0) is 9.47 Å². The third-order valence-corrected chi connectivity index (χ3v) is 1.13. The molecular weight excluding hydrogens is 176 g/mol. The Bertz CT molecular complexity index is 70.9. The second kappa shape index (κ2) is 14.3. The molecule has 0 radical (unpaired) electrons. The molecule has 3 N–H and O–H groups in total. The van der Waals surface area contributed by atoms with E-state index in [0.717, 1.165) is 0 Å². The minimum absolute atomic E-state index is 0.00926. The van der Waals surface area contributed by atoms with E-state index >= 15 is 0 Å². The molecule has 1 unspecified atom stereocenters. The van der Waals surface area contributed by atoms with Gasteiger partial charge in [0.25, 0.3) is 0 Å². The topological polar surface area (TPSA) is 79.2 Å². The Morgan fingerprint density at radius 2 is 1.54 bits per heavy atom. The summed E-state index contributed by atoms with van der Waals surface area (Å²) in [6.45, 7) is 2.61. The van der Waals surface area contributed by atoms with Gasteiger partial charge in [-0.25, -0.2) is 0 Å². The van der Waals surface area contributed by atoms with Crippen LogP contribution in [0.15, 0.2) is 0 Å². The quantitative estimate of drug-likeness (QED) is 0.475. The number of rotatable bonds is 6. The van der Waals surface area contributed by atoms with Crippen molar-refractivity contribution in [2.45, 2.75) is 13.0 Å². The number of aliphatic hydroxyl groups is 3. The number of hydrogen-bond acceptors (Lipinski definition) is 5. The van der Waals surface area contributed by atoms with Gasteiger partial charge in [0.15, 0.2) is 0 Å². The predicted octanol–water partition coefficient (Wildman–Crippen LogP) is -0.999. The number of ether oxygens (including phenoxy) is 2. The highest BCUT2D eigenvalue weighted by Crippen LogP contribution is 1.80. The average molecular weight is 196 g/mol. The lowest BCUT2D eigenvalue weighted by Gasteiger charge is -2.00. The summed E-state index contributed by atoms with van der Waals surface area (Å²) in [4.78, 5) is 0. The molecular formula is C8H20O5. The summed E-state index contributed by atoms with van der Waals surface area (Å²) in [7, 11) is 1.57. The Hall–Kier alpha value is -0.200. The number of aliphatic hydroxyl groups excluding tert-OH is 3. The first-order valence-corrected chi connectivity index (χ1v) is 4.16. The zero-order chi connectivity index (χ0) is 10.5. The van der Waals surface area contributed by atoms with Gasteiger partial charge in [0.2, 0.25) is 0 Å². The Morgan fingerprint density at radius 1 is 1.08 bits per heavy atom. The second-order valence-electron chi connectivity index (χ2n) is 2.29. The van der Waals surface area contributed by atoms with Crippen molar-refractivity contribution in [1.29, 1.82) is 0 Å². The van der Waals surface area contributed by atoms with Crippen LogP contribution in [0.3, 0.4) is 0 Å². The number of methoxy groups -OCH3 is 1. The molecule has 0 saturated carbocycles. The molecule has 0 saturated heterocycles. The van der Waals surface area contributed by atoms with E-state index in [4.69, 9.17) is 15.3 Å². The second-order valence-corrected chi connectivity index (χ2v) is 2.29. The maximum absolute atomic E-state index is 8.21. The van der Waals surface area contributed by atoms with Gasteiger partial charge in [0, 0.05) is 7.11 Å². The van der Waals surface area contributed by atoms with Crippen molar-refractivity contribution < 1.29 is 24.8 Å². The van der Waals surface area contributed by atoms with E-state index in [2.05, 4.69) is 9.47 Å². The van der Waals surface area contributed by atoms with Crippen LogP contribution in [0.25, 0.3) is 0 Å². The minimum Gasteiger partial charge on any atom is -0.394 e. The van der Waals surface area contributed by atoms with Crippen molar-refractivity contribution in [3.05, 3.63) is 0 Å². The molecule has 5 heteroatoms. The van der Waals surface area contributed by atoms with Gasteiger partial charge >= 0.3 is 0 Å². The molecule has 0 bridgehead atoms. The van der Waals surface area contributed by atoms with Crippen LogP contribution in [0.1, 0.15) is 6.92 Å². The molecule has 0 spiro atoms. The van der Waals surface area contributed by atoms with Crippen molar-refractivity contribution in [2.24, 2.45) is 0 Å². The molecule has 1 atom stereocenters. The summed E-state index contributed by atoms with van der Waals surface area (Å²) in [5.41, 5.74) is 0. The SMILES string of the molecule is COC(C)CO.OCCOCCO. The summed E-state index contributed by atoms with van der Waals surface area (Å²) in [5, 5.41) is 24.4. The average Bonchev–Trinajstić information content (AvgIpc) is 2.18. The van der Waals surface area contributed by atoms with Crippen LogP contribution in [0.5, 0.6) is 0 Å². The summed E-state index contributed by atoms with van der Waals surface area (Å²) >= 11 is 0. The zero-order valence-corrected chi connectivity index (χ0v) is 8.27. The van der Waals surface area contributed by atoms with E-state index in [1.54, 1.807) is 14.0 Å². The summed E-state index contributed by atoms with van der Waals surface area (Å²) in [6, 6.07) is 0. The largest absolute Gasteiger partial charge is 0.394 e. The van der Waals surface area contributed by atoms with Crippen molar-refractivity contribution in [3.8, 4) is 0 Å². The molecule has 0 amide bonds. The van der Waals surface area contributed by atoms with Crippen LogP contribution in [-0.4, -0.2) is 61.6 Å². The van der Waals surface area contributed by atoms with E-state index in [1.165, 1.54) is 0 Å². The smallest absolute Gasteiger partial charge is 0.0773 e. The van der Waals surface area contributed by atoms with Gasteiger partial charge in [-0.2, -0.15) is 0 Å². The lowest BCUT2D eigenvalue weighted by atomic mass is 10.4. The molecule has 0 rings (SSSR count). The fourth-order valence-corrected chi connectivity index (χ4v) is 0.306. The molecule has 13 heavy (non-hydrogen) atoms. The molecule has 5 nitrogen and oxygen atoms in total.